The number of carbonyl (C=O) groups excluding carboxylic acids is 2. The predicted octanol–water partition coefficient (Wildman–Crippen LogP) is -0.763. The molecule has 0 spiro atoms. The van der Waals surface area contributed by atoms with Crippen LogP contribution in [0, 0.1) is 5.92 Å². The van der Waals surface area contributed by atoms with Crippen LogP contribution in [0.2, 0.25) is 0 Å². The molecule has 1 aliphatic rings. The number of rotatable bonds is 4. The van der Waals surface area contributed by atoms with E-state index in [1.54, 1.807) is 4.90 Å². The second-order valence-electron chi connectivity index (χ2n) is 4.26. The average molecular weight is 242 g/mol. The number of amides is 2. The fourth-order valence-corrected chi connectivity index (χ4v) is 1.97. The van der Waals surface area contributed by atoms with Crippen molar-refractivity contribution in [2.75, 3.05) is 13.1 Å². The maximum atomic E-state index is 11.7. The van der Waals surface area contributed by atoms with Crippen LogP contribution in [0.5, 0.6) is 0 Å². The summed E-state index contributed by atoms with van der Waals surface area (Å²) < 4.78 is 0. The molecule has 0 aliphatic carbocycles. The van der Waals surface area contributed by atoms with Crippen LogP contribution in [0.1, 0.15) is 25.7 Å². The number of primary amides is 1. The van der Waals surface area contributed by atoms with E-state index in [1.807, 2.05) is 0 Å². The molecule has 0 radical (unpaired) electrons. The maximum absolute atomic E-state index is 11.7. The van der Waals surface area contributed by atoms with Crippen molar-refractivity contribution in [1.82, 2.24) is 4.90 Å². The third-order valence-corrected chi connectivity index (χ3v) is 2.92. The van der Waals surface area contributed by atoms with Gasteiger partial charge in [0.15, 0.2) is 0 Å². The molecular formula is C10H18N4O3. The van der Waals surface area contributed by atoms with Crippen LogP contribution in [-0.2, 0) is 9.59 Å². The van der Waals surface area contributed by atoms with Gasteiger partial charge in [0.1, 0.15) is 5.84 Å². The minimum absolute atomic E-state index is 0.0724. The quantitative estimate of drug-likeness (QED) is 0.259. The summed E-state index contributed by atoms with van der Waals surface area (Å²) in [6.45, 7) is 1.19. The van der Waals surface area contributed by atoms with Crippen molar-refractivity contribution >= 4 is 17.6 Å². The molecule has 0 saturated carbocycles. The van der Waals surface area contributed by atoms with Gasteiger partial charge in [-0.2, -0.15) is 0 Å². The second kappa shape index (κ2) is 6.07. The van der Waals surface area contributed by atoms with Gasteiger partial charge in [-0.3, -0.25) is 9.59 Å². The molecule has 1 heterocycles. The van der Waals surface area contributed by atoms with Crippen LogP contribution in [0.3, 0.4) is 0 Å². The smallest absolute Gasteiger partial charge is 0.230 e. The first-order valence-electron chi connectivity index (χ1n) is 5.55. The molecule has 7 nitrogen and oxygen atoms in total. The Labute approximate surface area is 99.4 Å². The first-order valence-corrected chi connectivity index (χ1v) is 5.55. The van der Waals surface area contributed by atoms with Gasteiger partial charge in [0, 0.05) is 19.5 Å². The third kappa shape index (κ3) is 4.29. The zero-order valence-corrected chi connectivity index (χ0v) is 9.63. The molecule has 0 atom stereocenters. The summed E-state index contributed by atoms with van der Waals surface area (Å²) in [6.07, 6.45) is 1.84. The Balaban J connectivity index is 2.36. The van der Waals surface area contributed by atoms with Crippen molar-refractivity contribution in [3.05, 3.63) is 0 Å². The lowest BCUT2D eigenvalue weighted by Crippen LogP contribution is -2.40. The second-order valence-corrected chi connectivity index (χ2v) is 4.26. The molecule has 0 bridgehead atoms. The van der Waals surface area contributed by atoms with Gasteiger partial charge in [0.25, 0.3) is 0 Å². The lowest BCUT2D eigenvalue weighted by Gasteiger charge is -2.31. The van der Waals surface area contributed by atoms with Crippen LogP contribution in [-0.4, -0.2) is 40.8 Å². The van der Waals surface area contributed by atoms with E-state index >= 15 is 0 Å². The average Bonchev–Trinajstić information content (AvgIpc) is 2.28. The highest BCUT2D eigenvalue weighted by molar-refractivity contribution is 5.98. The molecule has 2 amide bonds. The van der Waals surface area contributed by atoms with Crippen LogP contribution < -0.4 is 11.5 Å². The third-order valence-electron chi connectivity index (χ3n) is 2.92. The number of hydrogen-bond acceptors (Lipinski definition) is 4. The van der Waals surface area contributed by atoms with Gasteiger partial charge in [0.2, 0.25) is 11.8 Å². The Morgan fingerprint density at radius 1 is 1.29 bits per heavy atom. The largest absolute Gasteiger partial charge is 0.409 e. The van der Waals surface area contributed by atoms with E-state index in [0.717, 1.165) is 12.8 Å². The zero-order valence-electron chi connectivity index (χ0n) is 9.63. The standard InChI is InChI=1S/C10H18N4O3/c11-8(13-17)6-10(16)14-3-1-7(2-4-14)5-9(12)15/h7,17H,1-6H2,(H2,11,13)(H2,12,15). The molecule has 1 fully saturated rings. The molecule has 0 aromatic heterocycles. The van der Waals surface area contributed by atoms with Gasteiger partial charge < -0.3 is 21.6 Å². The van der Waals surface area contributed by atoms with Gasteiger partial charge >= 0.3 is 0 Å². The molecule has 5 N–H and O–H groups in total. The minimum Gasteiger partial charge on any atom is -0.409 e. The van der Waals surface area contributed by atoms with E-state index < -0.39 is 0 Å². The highest BCUT2D eigenvalue weighted by Gasteiger charge is 2.24. The summed E-state index contributed by atoms with van der Waals surface area (Å²) in [7, 11) is 0. The van der Waals surface area contributed by atoms with Gasteiger partial charge in [-0.1, -0.05) is 5.16 Å². The van der Waals surface area contributed by atoms with E-state index in [-0.39, 0.29) is 30.0 Å². The zero-order chi connectivity index (χ0) is 12.8. The minimum atomic E-state index is -0.300. The van der Waals surface area contributed by atoms with Crippen molar-refractivity contribution < 1.29 is 14.8 Å². The van der Waals surface area contributed by atoms with Crippen molar-refractivity contribution in [1.29, 1.82) is 0 Å². The highest BCUT2D eigenvalue weighted by Crippen LogP contribution is 2.20. The van der Waals surface area contributed by atoms with Crippen molar-refractivity contribution in [3.8, 4) is 0 Å². The first kappa shape index (κ1) is 13.3. The van der Waals surface area contributed by atoms with E-state index in [2.05, 4.69) is 5.16 Å². The van der Waals surface area contributed by atoms with Crippen molar-refractivity contribution in [2.45, 2.75) is 25.7 Å². The molecule has 1 saturated heterocycles. The molecule has 96 valence electrons. The summed E-state index contributed by atoms with van der Waals surface area (Å²) in [5.74, 6) is -0.279. The summed E-state index contributed by atoms with van der Waals surface area (Å²) >= 11 is 0. The number of carbonyl (C=O) groups is 2. The van der Waals surface area contributed by atoms with E-state index in [9.17, 15) is 9.59 Å². The molecular weight excluding hydrogens is 224 g/mol. The molecule has 1 aliphatic heterocycles. The summed E-state index contributed by atoms with van der Waals surface area (Å²) in [6, 6.07) is 0. The maximum Gasteiger partial charge on any atom is 0.230 e. The fourth-order valence-electron chi connectivity index (χ4n) is 1.97. The van der Waals surface area contributed by atoms with E-state index in [0.29, 0.717) is 19.5 Å². The fraction of sp³-hybridized carbons (Fsp3) is 0.700. The van der Waals surface area contributed by atoms with Crippen LogP contribution in [0.4, 0.5) is 0 Å². The Morgan fingerprint density at radius 3 is 2.35 bits per heavy atom. The number of nitrogens with zero attached hydrogens (tertiary/aromatic N) is 2. The molecule has 0 aromatic rings. The normalized spacial score (nSPS) is 18.1. The van der Waals surface area contributed by atoms with Crippen LogP contribution in [0.15, 0.2) is 5.16 Å². The molecule has 1 rings (SSSR count). The lowest BCUT2D eigenvalue weighted by molar-refractivity contribution is -0.131. The Kier molecular flexibility index (Phi) is 4.74. The van der Waals surface area contributed by atoms with Gasteiger partial charge in [0.05, 0.1) is 6.42 Å². The lowest BCUT2D eigenvalue weighted by atomic mass is 9.93. The number of hydrogen-bond donors (Lipinski definition) is 3. The number of piperidine rings is 1. The monoisotopic (exact) mass is 242 g/mol. The highest BCUT2D eigenvalue weighted by atomic mass is 16.4. The van der Waals surface area contributed by atoms with E-state index in [1.165, 1.54) is 0 Å². The number of amidine groups is 1. The topological polar surface area (TPSA) is 122 Å². The summed E-state index contributed by atoms with van der Waals surface area (Å²) in [5.41, 5.74) is 10.4. The first-order chi connectivity index (χ1) is 8.02. The molecule has 0 unspecified atom stereocenters. The predicted molar refractivity (Wildman–Crippen MR) is 61.1 cm³/mol. The molecule has 0 aromatic carbocycles. The number of oxime groups is 1. The Bertz CT molecular complexity index is 322. The van der Waals surface area contributed by atoms with Crippen molar-refractivity contribution in [3.63, 3.8) is 0 Å². The molecule has 7 heteroatoms. The Hall–Kier alpha value is -1.79. The number of nitrogens with two attached hydrogens (primary N) is 2. The van der Waals surface area contributed by atoms with Gasteiger partial charge in [-0.05, 0) is 18.8 Å². The van der Waals surface area contributed by atoms with Crippen LogP contribution in [0.25, 0.3) is 0 Å². The molecule has 17 heavy (non-hydrogen) atoms. The van der Waals surface area contributed by atoms with Gasteiger partial charge in [-0.25, -0.2) is 0 Å². The van der Waals surface area contributed by atoms with Crippen LogP contribution >= 0.6 is 0 Å². The summed E-state index contributed by atoms with van der Waals surface area (Å²) in [5, 5.41) is 11.1. The van der Waals surface area contributed by atoms with E-state index in [4.69, 9.17) is 16.7 Å². The number of likely N-dealkylation sites (tertiary alicyclic amines) is 1. The van der Waals surface area contributed by atoms with Crippen molar-refractivity contribution in [2.24, 2.45) is 22.5 Å². The Morgan fingerprint density at radius 2 is 1.88 bits per heavy atom. The summed E-state index contributed by atoms with van der Waals surface area (Å²) in [4.78, 5) is 24.1. The SMILES string of the molecule is NC(=O)CC1CCN(C(=O)CC(N)=NO)CC1. The van der Waals surface area contributed by atoms with Gasteiger partial charge in [-0.15, -0.1) is 0 Å².